The number of aromatic nitrogens is 2. The average Bonchev–Trinajstić information content (AvgIpc) is 2.81. The second kappa shape index (κ2) is 6.91. The van der Waals surface area contributed by atoms with Crippen molar-refractivity contribution in [2.45, 2.75) is 17.2 Å². The van der Waals surface area contributed by atoms with Crippen LogP contribution < -0.4 is 5.73 Å². The smallest absolute Gasteiger partial charge is 0.222 e. The van der Waals surface area contributed by atoms with Gasteiger partial charge in [0, 0.05) is 25.3 Å². The number of hydrogen-bond donors (Lipinski definition) is 1. The van der Waals surface area contributed by atoms with E-state index in [0.717, 1.165) is 29.6 Å². The van der Waals surface area contributed by atoms with Crippen LogP contribution in [0, 0.1) is 0 Å². The summed E-state index contributed by atoms with van der Waals surface area (Å²) in [6, 6.07) is 0. The number of thioether (sulfide) groups is 1. The number of rotatable bonds is 5. The molecule has 1 saturated heterocycles. The van der Waals surface area contributed by atoms with Gasteiger partial charge >= 0.3 is 0 Å². The van der Waals surface area contributed by atoms with Gasteiger partial charge in [0.1, 0.15) is 0 Å². The molecule has 8 heteroatoms. The van der Waals surface area contributed by atoms with Crippen LogP contribution in [0.2, 0.25) is 0 Å². The molecular weight excluding hydrogens is 272 g/mol. The fourth-order valence-electron chi connectivity index (χ4n) is 1.63. The molecule has 2 heterocycles. The molecule has 1 aromatic rings. The number of carbonyl (C=O) groups is 1. The lowest BCUT2D eigenvalue weighted by molar-refractivity contribution is -0.135. The van der Waals surface area contributed by atoms with Crippen molar-refractivity contribution in [2.75, 3.05) is 37.8 Å². The van der Waals surface area contributed by atoms with E-state index in [0.29, 0.717) is 24.8 Å². The zero-order valence-electron chi connectivity index (χ0n) is 10.0. The third-order valence-corrected chi connectivity index (χ3v) is 4.52. The minimum Gasteiger partial charge on any atom is -0.378 e. The molecule has 2 rings (SSSR count). The van der Waals surface area contributed by atoms with Crippen LogP contribution in [0.15, 0.2) is 4.34 Å². The molecule has 0 aromatic carbocycles. The molecule has 0 aliphatic carbocycles. The van der Waals surface area contributed by atoms with Crippen molar-refractivity contribution in [1.29, 1.82) is 0 Å². The molecule has 0 radical (unpaired) electrons. The van der Waals surface area contributed by atoms with Crippen LogP contribution in [0.1, 0.15) is 12.8 Å². The summed E-state index contributed by atoms with van der Waals surface area (Å²) in [5.41, 5.74) is 5.49. The summed E-state index contributed by atoms with van der Waals surface area (Å²) in [6.07, 6.45) is 1.43. The van der Waals surface area contributed by atoms with Crippen molar-refractivity contribution in [3.8, 4) is 0 Å². The number of nitrogens with zero attached hydrogens (tertiary/aromatic N) is 3. The Hall–Kier alpha value is -0.860. The van der Waals surface area contributed by atoms with Gasteiger partial charge in [0.25, 0.3) is 0 Å². The van der Waals surface area contributed by atoms with Crippen molar-refractivity contribution in [3.63, 3.8) is 0 Å². The van der Waals surface area contributed by atoms with E-state index in [9.17, 15) is 4.79 Å². The number of morpholine rings is 1. The highest BCUT2D eigenvalue weighted by molar-refractivity contribution is 8.01. The minimum absolute atomic E-state index is 0.218. The topological polar surface area (TPSA) is 81.3 Å². The second-order valence-electron chi connectivity index (χ2n) is 3.85. The Kier molecular flexibility index (Phi) is 5.21. The summed E-state index contributed by atoms with van der Waals surface area (Å²) >= 11 is 2.98. The van der Waals surface area contributed by atoms with Gasteiger partial charge in [-0.15, -0.1) is 10.2 Å². The van der Waals surface area contributed by atoms with Gasteiger partial charge in [0.15, 0.2) is 4.34 Å². The highest BCUT2D eigenvalue weighted by Gasteiger charge is 2.16. The Morgan fingerprint density at radius 3 is 2.89 bits per heavy atom. The van der Waals surface area contributed by atoms with Crippen LogP contribution in [-0.4, -0.2) is 53.1 Å². The molecule has 1 fully saturated rings. The van der Waals surface area contributed by atoms with Crippen molar-refractivity contribution in [1.82, 2.24) is 15.1 Å². The number of nitrogens with two attached hydrogens (primary N) is 1. The summed E-state index contributed by atoms with van der Waals surface area (Å²) in [4.78, 5) is 13.7. The van der Waals surface area contributed by atoms with Gasteiger partial charge < -0.3 is 15.4 Å². The molecule has 0 unspecified atom stereocenters. The molecule has 1 aromatic heterocycles. The normalized spacial score (nSPS) is 15.9. The van der Waals surface area contributed by atoms with E-state index in [-0.39, 0.29) is 5.91 Å². The maximum Gasteiger partial charge on any atom is 0.222 e. The number of amides is 1. The number of ether oxygens (including phenoxy) is 1. The first-order valence-electron chi connectivity index (χ1n) is 5.83. The first kappa shape index (κ1) is 13.6. The van der Waals surface area contributed by atoms with E-state index < -0.39 is 0 Å². The van der Waals surface area contributed by atoms with Crippen LogP contribution in [0.3, 0.4) is 0 Å². The molecule has 1 aliphatic rings. The maximum atomic E-state index is 11.8. The van der Waals surface area contributed by atoms with Gasteiger partial charge in [-0.05, 0) is 6.42 Å². The monoisotopic (exact) mass is 288 g/mol. The maximum absolute atomic E-state index is 11.8. The Balaban J connectivity index is 1.61. The van der Waals surface area contributed by atoms with E-state index in [4.69, 9.17) is 10.5 Å². The molecule has 18 heavy (non-hydrogen) atoms. The van der Waals surface area contributed by atoms with E-state index in [2.05, 4.69) is 10.2 Å². The Bertz CT molecular complexity index is 393. The van der Waals surface area contributed by atoms with Gasteiger partial charge in [-0.1, -0.05) is 23.1 Å². The highest BCUT2D eigenvalue weighted by atomic mass is 32.2. The summed E-state index contributed by atoms with van der Waals surface area (Å²) < 4.78 is 6.08. The fraction of sp³-hybridized carbons (Fsp3) is 0.700. The lowest BCUT2D eigenvalue weighted by Gasteiger charge is -2.26. The van der Waals surface area contributed by atoms with Crippen molar-refractivity contribution >= 4 is 34.1 Å². The molecule has 100 valence electrons. The molecule has 6 nitrogen and oxygen atoms in total. The van der Waals surface area contributed by atoms with Crippen LogP contribution in [0.4, 0.5) is 5.13 Å². The third kappa shape index (κ3) is 4.11. The first-order chi connectivity index (χ1) is 8.75. The van der Waals surface area contributed by atoms with Crippen molar-refractivity contribution in [3.05, 3.63) is 0 Å². The second-order valence-corrected chi connectivity index (χ2v) is 6.20. The number of hydrogen-bond acceptors (Lipinski definition) is 7. The molecule has 1 amide bonds. The largest absolute Gasteiger partial charge is 0.378 e. The zero-order valence-corrected chi connectivity index (χ0v) is 11.6. The molecule has 0 saturated carbocycles. The Morgan fingerprint density at radius 2 is 2.22 bits per heavy atom. The van der Waals surface area contributed by atoms with E-state index >= 15 is 0 Å². The predicted octanol–water partition coefficient (Wildman–Crippen LogP) is 0.851. The predicted molar refractivity (Wildman–Crippen MR) is 71.7 cm³/mol. The molecule has 0 spiro atoms. The fourth-order valence-corrected chi connectivity index (χ4v) is 3.28. The standard InChI is InChI=1S/C10H16N4O2S2/c11-9-12-13-10(18-9)17-7-1-2-8(15)14-3-5-16-6-4-14/h1-7H2,(H2,11,12). The van der Waals surface area contributed by atoms with E-state index in [1.165, 1.54) is 11.3 Å². The number of nitrogen functional groups attached to an aromatic ring is 1. The van der Waals surface area contributed by atoms with Crippen molar-refractivity contribution < 1.29 is 9.53 Å². The van der Waals surface area contributed by atoms with Gasteiger partial charge in [0.05, 0.1) is 13.2 Å². The number of anilines is 1. The molecule has 0 atom stereocenters. The van der Waals surface area contributed by atoms with Gasteiger partial charge in [-0.25, -0.2) is 0 Å². The first-order valence-corrected chi connectivity index (χ1v) is 7.63. The lowest BCUT2D eigenvalue weighted by Crippen LogP contribution is -2.40. The van der Waals surface area contributed by atoms with Crippen LogP contribution in [0.5, 0.6) is 0 Å². The minimum atomic E-state index is 0.218. The summed E-state index contributed by atoms with van der Waals surface area (Å²) in [6.45, 7) is 2.76. The average molecular weight is 288 g/mol. The van der Waals surface area contributed by atoms with Gasteiger partial charge in [-0.3, -0.25) is 4.79 Å². The Morgan fingerprint density at radius 1 is 1.44 bits per heavy atom. The summed E-state index contributed by atoms with van der Waals surface area (Å²) in [7, 11) is 0. The third-order valence-electron chi connectivity index (χ3n) is 2.55. The number of carbonyl (C=O) groups excluding carboxylic acids is 1. The molecular formula is C10H16N4O2S2. The van der Waals surface area contributed by atoms with E-state index in [1.54, 1.807) is 11.8 Å². The van der Waals surface area contributed by atoms with E-state index in [1.807, 2.05) is 4.90 Å². The summed E-state index contributed by atoms with van der Waals surface area (Å²) in [5, 5.41) is 8.15. The van der Waals surface area contributed by atoms with Gasteiger partial charge in [-0.2, -0.15) is 0 Å². The van der Waals surface area contributed by atoms with Crippen molar-refractivity contribution in [2.24, 2.45) is 0 Å². The van der Waals surface area contributed by atoms with Crippen LogP contribution >= 0.6 is 23.1 Å². The zero-order chi connectivity index (χ0) is 12.8. The lowest BCUT2D eigenvalue weighted by atomic mass is 10.3. The molecule has 2 N–H and O–H groups in total. The molecule has 1 aliphatic heterocycles. The van der Waals surface area contributed by atoms with Crippen LogP contribution in [0.25, 0.3) is 0 Å². The quantitative estimate of drug-likeness (QED) is 0.639. The highest BCUT2D eigenvalue weighted by Crippen LogP contribution is 2.24. The Labute approximate surface area is 114 Å². The SMILES string of the molecule is Nc1nnc(SCCCC(=O)N2CCOCC2)s1. The van der Waals surface area contributed by atoms with Gasteiger partial charge in [0.2, 0.25) is 11.0 Å². The molecule has 0 bridgehead atoms. The van der Waals surface area contributed by atoms with Crippen LogP contribution in [-0.2, 0) is 9.53 Å². The summed E-state index contributed by atoms with van der Waals surface area (Å²) in [5.74, 6) is 1.08.